The first-order valence-electron chi connectivity index (χ1n) is 8.96. The second-order valence-electron chi connectivity index (χ2n) is 6.21. The van der Waals surface area contributed by atoms with E-state index in [0.29, 0.717) is 0 Å². The van der Waals surface area contributed by atoms with Crippen molar-refractivity contribution in [2.45, 2.75) is 39.2 Å². The molecular formula is C19H35IN4O. The van der Waals surface area contributed by atoms with Crippen molar-refractivity contribution in [1.82, 2.24) is 15.5 Å². The van der Waals surface area contributed by atoms with Gasteiger partial charge in [0.1, 0.15) is 5.75 Å². The predicted octanol–water partition coefficient (Wildman–Crippen LogP) is 3.49. The van der Waals surface area contributed by atoms with E-state index < -0.39 is 0 Å². The van der Waals surface area contributed by atoms with E-state index in [-0.39, 0.29) is 24.0 Å². The van der Waals surface area contributed by atoms with Crippen molar-refractivity contribution >= 4 is 29.9 Å². The number of ether oxygens (including phenoxy) is 1. The minimum Gasteiger partial charge on any atom is -0.494 e. The van der Waals surface area contributed by atoms with Gasteiger partial charge >= 0.3 is 0 Å². The third-order valence-corrected chi connectivity index (χ3v) is 3.70. The quantitative estimate of drug-likeness (QED) is 0.229. The molecule has 0 saturated heterocycles. The Kier molecular flexibility index (Phi) is 14.6. The zero-order chi connectivity index (χ0) is 17.6. The number of nitrogens with one attached hydrogen (secondary N) is 2. The number of guanidine groups is 1. The lowest BCUT2D eigenvalue weighted by Crippen LogP contribution is -2.37. The number of nitrogens with zero attached hydrogens (tertiary/aromatic N) is 2. The van der Waals surface area contributed by atoms with E-state index >= 15 is 0 Å². The number of hydrogen-bond acceptors (Lipinski definition) is 3. The number of unbranched alkanes of at least 4 members (excludes halogenated alkanes) is 2. The number of rotatable bonds is 11. The van der Waals surface area contributed by atoms with Crippen molar-refractivity contribution in [3.63, 3.8) is 0 Å². The van der Waals surface area contributed by atoms with Gasteiger partial charge in [0.2, 0.25) is 0 Å². The van der Waals surface area contributed by atoms with Gasteiger partial charge in [0.25, 0.3) is 0 Å². The number of benzene rings is 1. The molecule has 0 aliphatic rings. The first kappa shape index (κ1) is 24.0. The van der Waals surface area contributed by atoms with Gasteiger partial charge in [-0.2, -0.15) is 0 Å². The fraction of sp³-hybridized carbons (Fsp3) is 0.632. The summed E-state index contributed by atoms with van der Waals surface area (Å²) >= 11 is 0. The molecule has 6 heteroatoms. The van der Waals surface area contributed by atoms with Crippen LogP contribution >= 0.6 is 24.0 Å². The van der Waals surface area contributed by atoms with Gasteiger partial charge in [0, 0.05) is 26.7 Å². The molecule has 0 aliphatic carbocycles. The topological polar surface area (TPSA) is 48.9 Å². The minimum atomic E-state index is 0. The minimum absolute atomic E-state index is 0. The summed E-state index contributed by atoms with van der Waals surface area (Å²) in [6, 6.07) is 8.26. The highest BCUT2D eigenvalue weighted by Gasteiger charge is 1.99. The Balaban J connectivity index is 0.00000576. The number of halogens is 1. The molecule has 0 radical (unpaired) electrons. The molecule has 25 heavy (non-hydrogen) atoms. The Bertz CT molecular complexity index is 463. The van der Waals surface area contributed by atoms with Crippen LogP contribution in [0.15, 0.2) is 29.3 Å². The average Bonchev–Trinajstić information content (AvgIpc) is 2.59. The van der Waals surface area contributed by atoms with Crippen molar-refractivity contribution in [3.8, 4) is 5.75 Å². The molecule has 1 aromatic rings. The first-order valence-corrected chi connectivity index (χ1v) is 8.96. The lowest BCUT2D eigenvalue weighted by atomic mass is 10.2. The Morgan fingerprint density at radius 2 is 1.80 bits per heavy atom. The number of aliphatic imine (C=N–C) groups is 1. The van der Waals surface area contributed by atoms with Crippen LogP contribution in [-0.4, -0.2) is 51.7 Å². The molecule has 0 fully saturated rings. The molecule has 0 aliphatic heterocycles. The molecular weight excluding hydrogens is 427 g/mol. The van der Waals surface area contributed by atoms with Crippen LogP contribution in [0.25, 0.3) is 0 Å². The average molecular weight is 462 g/mol. The molecule has 0 spiro atoms. The van der Waals surface area contributed by atoms with Crippen molar-refractivity contribution in [3.05, 3.63) is 29.8 Å². The Morgan fingerprint density at radius 3 is 2.40 bits per heavy atom. The van der Waals surface area contributed by atoms with E-state index in [1.54, 1.807) is 7.05 Å². The molecule has 1 aromatic carbocycles. The fourth-order valence-electron chi connectivity index (χ4n) is 2.26. The van der Waals surface area contributed by atoms with Gasteiger partial charge in [0.15, 0.2) is 5.96 Å². The smallest absolute Gasteiger partial charge is 0.191 e. The lowest BCUT2D eigenvalue weighted by Gasteiger charge is -2.13. The first-order chi connectivity index (χ1) is 11.7. The molecule has 1 rings (SSSR count). The van der Waals surface area contributed by atoms with Crippen molar-refractivity contribution in [2.75, 3.05) is 40.8 Å². The van der Waals surface area contributed by atoms with E-state index in [2.05, 4.69) is 53.7 Å². The summed E-state index contributed by atoms with van der Waals surface area (Å²) in [6.07, 6.45) is 4.70. The predicted molar refractivity (Wildman–Crippen MR) is 118 cm³/mol. The van der Waals surface area contributed by atoms with E-state index in [9.17, 15) is 0 Å². The van der Waals surface area contributed by atoms with Crippen molar-refractivity contribution in [1.29, 1.82) is 0 Å². The van der Waals surface area contributed by atoms with Gasteiger partial charge < -0.3 is 20.3 Å². The normalized spacial score (nSPS) is 11.2. The third-order valence-electron chi connectivity index (χ3n) is 3.70. The SMILES string of the molecule is CCCCCNC(=NC)NCc1ccc(OCCCN(C)C)cc1.I. The monoisotopic (exact) mass is 462 g/mol. The highest BCUT2D eigenvalue weighted by molar-refractivity contribution is 14.0. The van der Waals surface area contributed by atoms with Crippen LogP contribution in [0, 0.1) is 0 Å². The lowest BCUT2D eigenvalue weighted by molar-refractivity contribution is 0.281. The molecule has 144 valence electrons. The van der Waals surface area contributed by atoms with E-state index in [0.717, 1.165) is 44.4 Å². The summed E-state index contributed by atoms with van der Waals surface area (Å²) in [5.41, 5.74) is 1.21. The van der Waals surface area contributed by atoms with E-state index in [4.69, 9.17) is 4.74 Å². The van der Waals surface area contributed by atoms with Crippen LogP contribution in [-0.2, 0) is 6.54 Å². The van der Waals surface area contributed by atoms with Gasteiger partial charge in [-0.25, -0.2) is 0 Å². The van der Waals surface area contributed by atoms with Gasteiger partial charge in [0.05, 0.1) is 6.61 Å². The highest BCUT2D eigenvalue weighted by Crippen LogP contribution is 2.12. The van der Waals surface area contributed by atoms with E-state index in [1.807, 2.05) is 12.1 Å². The zero-order valence-corrected chi connectivity index (χ0v) is 18.5. The highest BCUT2D eigenvalue weighted by atomic mass is 127. The van der Waals surface area contributed by atoms with Crippen molar-refractivity contribution < 1.29 is 4.74 Å². The molecule has 0 bridgehead atoms. The third kappa shape index (κ3) is 12.0. The largest absolute Gasteiger partial charge is 0.494 e. The summed E-state index contributed by atoms with van der Waals surface area (Å²) in [5, 5.41) is 6.68. The second kappa shape index (κ2) is 15.3. The van der Waals surface area contributed by atoms with Crippen molar-refractivity contribution in [2.24, 2.45) is 4.99 Å². The molecule has 0 aromatic heterocycles. The van der Waals surface area contributed by atoms with E-state index in [1.165, 1.54) is 24.8 Å². The molecule has 0 amide bonds. The molecule has 0 saturated carbocycles. The summed E-state index contributed by atoms with van der Waals surface area (Å²) < 4.78 is 5.75. The maximum Gasteiger partial charge on any atom is 0.191 e. The molecule has 0 heterocycles. The zero-order valence-electron chi connectivity index (χ0n) is 16.2. The van der Waals surface area contributed by atoms with Gasteiger partial charge in [-0.15, -0.1) is 24.0 Å². The maximum absolute atomic E-state index is 5.75. The molecule has 0 atom stereocenters. The Hall–Kier alpha value is -1.02. The van der Waals surface area contributed by atoms with Crippen LogP contribution in [0.2, 0.25) is 0 Å². The summed E-state index contributed by atoms with van der Waals surface area (Å²) in [7, 11) is 5.96. The van der Waals surface area contributed by atoms with Crippen LogP contribution < -0.4 is 15.4 Å². The summed E-state index contributed by atoms with van der Waals surface area (Å²) in [6.45, 7) is 5.74. The maximum atomic E-state index is 5.75. The summed E-state index contributed by atoms with van der Waals surface area (Å²) in [4.78, 5) is 6.42. The van der Waals surface area contributed by atoms with Crippen LogP contribution in [0.5, 0.6) is 5.75 Å². The van der Waals surface area contributed by atoms with Gasteiger partial charge in [-0.05, 0) is 44.6 Å². The molecule has 5 nitrogen and oxygen atoms in total. The molecule has 2 N–H and O–H groups in total. The van der Waals surface area contributed by atoms with Gasteiger partial charge in [-0.1, -0.05) is 31.9 Å². The van der Waals surface area contributed by atoms with Crippen LogP contribution in [0.4, 0.5) is 0 Å². The number of hydrogen-bond donors (Lipinski definition) is 2. The Labute approximate surface area is 170 Å². The fourth-order valence-corrected chi connectivity index (χ4v) is 2.26. The Morgan fingerprint density at radius 1 is 1.08 bits per heavy atom. The molecule has 0 unspecified atom stereocenters. The second-order valence-corrected chi connectivity index (χ2v) is 6.21. The van der Waals surface area contributed by atoms with Crippen LogP contribution in [0.1, 0.15) is 38.2 Å². The van der Waals surface area contributed by atoms with Crippen LogP contribution in [0.3, 0.4) is 0 Å². The summed E-state index contributed by atoms with van der Waals surface area (Å²) in [5.74, 6) is 1.79. The standard InChI is InChI=1S/C19H34N4O.HI/c1-5-6-7-13-21-19(20-2)22-16-17-9-11-18(12-10-17)24-15-8-14-23(3)4;/h9-12H,5-8,13-16H2,1-4H3,(H2,20,21,22);1H. The van der Waals surface area contributed by atoms with Gasteiger partial charge in [-0.3, -0.25) is 4.99 Å².